The molecule has 4 aliphatic carbocycles. The third-order valence-corrected chi connectivity index (χ3v) is 9.14. The summed E-state index contributed by atoms with van der Waals surface area (Å²) in [5.41, 5.74) is -0.240. The Balaban J connectivity index is 1.72. The van der Waals surface area contributed by atoms with E-state index >= 15 is 0 Å². The van der Waals surface area contributed by atoms with Crippen LogP contribution in [0.5, 0.6) is 0 Å². The molecule has 3 heteroatoms. The number of ether oxygens (including phenoxy) is 1. The fraction of sp³-hybridized carbons (Fsp3) is 0.952. The van der Waals surface area contributed by atoms with Crippen molar-refractivity contribution < 1.29 is 14.6 Å². The summed E-state index contributed by atoms with van der Waals surface area (Å²) in [4.78, 5) is 12.6. The van der Waals surface area contributed by atoms with Crippen LogP contribution in [0.4, 0.5) is 0 Å². The van der Waals surface area contributed by atoms with Crippen molar-refractivity contribution in [3.05, 3.63) is 0 Å². The first-order valence-electron chi connectivity index (χ1n) is 9.99. The van der Waals surface area contributed by atoms with E-state index in [2.05, 4.69) is 20.8 Å². The van der Waals surface area contributed by atoms with E-state index in [9.17, 15) is 9.90 Å². The predicted molar refractivity (Wildman–Crippen MR) is 93.3 cm³/mol. The van der Waals surface area contributed by atoms with E-state index in [1.54, 1.807) is 7.11 Å². The summed E-state index contributed by atoms with van der Waals surface area (Å²) in [6.07, 6.45) is 10.3. The van der Waals surface area contributed by atoms with Crippen molar-refractivity contribution in [2.45, 2.75) is 84.2 Å². The fourth-order valence-corrected chi connectivity index (χ4v) is 8.27. The number of fused-ring (bicyclic) bond motifs is 3. The van der Waals surface area contributed by atoms with Gasteiger partial charge in [0.1, 0.15) is 0 Å². The first kappa shape index (κ1) is 16.9. The second-order valence-electron chi connectivity index (χ2n) is 10.3. The van der Waals surface area contributed by atoms with E-state index in [1.807, 2.05) is 0 Å². The highest BCUT2D eigenvalue weighted by Gasteiger charge is 2.67. The molecule has 2 bridgehead atoms. The molecule has 3 nitrogen and oxygen atoms in total. The molecule has 0 aromatic heterocycles. The maximum absolute atomic E-state index is 12.6. The molecule has 0 unspecified atom stereocenters. The highest BCUT2D eigenvalue weighted by molar-refractivity contribution is 5.77. The van der Waals surface area contributed by atoms with Gasteiger partial charge in [0.2, 0.25) is 0 Å². The van der Waals surface area contributed by atoms with Gasteiger partial charge >= 0.3 is 5.97 Å². The number of methoxy groups -OCH3 is 1. The van der Waals surface area contributed by atoms with Crippen molar-refractivity contribution in [3.8, 4) is 0 Å². The van der Waals surface area contributed by atoms with Gasteiger partial charge in [0.15, 0.2) is 0 Å². The Labute approximate surface area is 146 Å². The number of rotatable bonds is 1. The average molecular weight is 335 g/mol. The second kappa shape index (κ2) is 4.99. The average Bonchev–Trinajstić information content (AvgIpc) is 2.70. The monoisotopic (exact) mass is 334 g/mol. The summed E-state index contributed by atoms with van der Waals surface area (Å²) in [7, 11) is 1.54. The van der Waals surface area contributed by atoms with E-state index in [4.69, 9.17) is 4.74 Å². The van der Waals surface area contributed by atoms with E-state index in [1.165, 1.54) is 25.7 Å². The van der Waals surface area contributed by atoms with Gasteiger partial charge < -0.3 is 9.84 Å². The lowest BCUT2D eigenvalue weighted by atomic mass is 9.41. The molecule has 4 rings (SSSR count). The summed E-state index contributed by atoms with van der Waals surface area (Å²) in [5.74, 6) is 1.59. The van der Waals surface area contributed by atoms with E-state index in [0.717, 1.165) is 32.1 Å². The van der Waals surface area contributed by atoms with Crippen molar-refractivity contribution in [3.63, 3.8) is 0 Å². The van der Waals surface area contributed by atoms with Crippen LogP contribution in [0.15, 0.2) is 0 Å². The molecular weight excluding hydrogens is 300 g/mol. The molecule has 0 aromatic rings. The van der Waals surface area contributed by atoms with E-state index in [-0.39, 0.29) is 16.8 Å². The fourth-order valence-electron chi connectivity index (χ4n) is 8.27. The Morgan fingerprint density at radius 1 is 1.04 bits per heavy atom. The summed E-state index contributed by atoms with van der Waals surface area (Å²) < 4.78 is 5.24. The molecule has 4 fully saturated rings. The van der Waals surface area contributed by atoms with Crippen LogP contribution in [0.2, 0.25) is 0 Å². The standard InChI is InChI=1S/C21H34O3/c1-18-9-5-10-19(2,17(22)24-4)15(18)8-11-21-12-14(6-7-16(18)21)20(3,23)13-21/h14-16,23H,5-13H2,1-4H3/t14-,15+,16+,18-,19-,20-,21+/m1/s1. The lowest BCUT2D eigenvalue weighted by Crippen LogP contribution is -2.58. The number of carbonyl (C=O) groups is 1. The predicted octanol–water partition coefficient (Wildman–Crippen LogP) is 4.32. The van der Waals surface area contributed by atoms with Crippen LogP contribution in [0.3, 0.4) is 0 Å². The lowest BCUT2D eigenvalue weighted by molar-refractivity contribution is -0.184. The van der Waals surface area contributed by atoms with Gasteiger partial charge in [-0.2, -0.15) is 0 Å². The maximum atomic E-state index is 12.6. The van der Waals surface area contributed by atoms with Gasteiger partial charge in [-0.05, 0) is 93.8 Å². The highest BCUT2D eigenvalue weighted by Crippen LogP contribution is 2.72. The van der Waals surface area contributed by atoms with Crippen molar-refractivity contribution in [1.29, 1.82) is 0 Å². The zero-order valence-corrected chi connectivity index (χ0v) is 15.9. The molecule has 0 amide bonds. The Hall–Kier alpha value is -0.570. The van der Waals surface area contributed by atoms with Crippen molar-refractivity contribution >= 4 is 5.97 Å². The van der Waals surface area contributed by atoms with Crippen LogP contribution in [0.1, 0.15) is 78.6 Å². The smallest absolute Gasteiger partial charge is 0.311 e. The first-order chi connectivity index (χ1) is 11.2. The highest BCUT2D eigenvalue weighted by atomic mass is 16.5. The van der Waals surface area contributed by atoms with E-state index in [0.29, 0.717) is 23.2 Å². The molecule has 1 N–H and O–H groups in total. The van der Waals surface area contributed by atoms with Crippen LogP contribution in [-0.2, 0) is 9.53 Å². The molecular formula is C21H34O3. The van der Waals surface area contributed by atoms with Gasteiger partial charge in [0.05, 0.1) is 18.1 Å². The van der Waals surface area contributed by atoms with Gasteiger partial charge in [0.25, 0.3) is 0 Å². The lowest BCUT2D eigenvalue weighted by Gasteiger charge is -2.63. The van der Waals surface area contributed by atoms with Crippen LogP contribution in [0.25, 0.3) is 0 Å². The SMILES string of the molecule is COC(=O)[C@]1(C)CCC[C@@]2(C)[C@@H]3CC[C@@H]4C[C@@]3(CC[C@@H]21)C[C@@]4(C)O. The molecule has 4 saturated carbocycles. The Morgan fingerprint density at radius 2 is 1.79 bits per heavy atom. The van der Waals surface area contributed by atoms with Crippen LogP contribution in [0, 0.1) is 34.0 Å². The normalized spacial score (nSPS) is 56.3. The van der Waals surface area contributed by atoms with Crippen molar-refractivity contribution in [2.24, 2.45) is 34.0 Å². The van der Waals surface area contributed by atoms with Gasteiger partial charge in [-0.15, -0.1) is 0 Å². The number of esters is 1. The largest absolute Gasteiger partial charge is 0.469 e. The molecule has 7 atom stereocenters. The van der Waals surface area contributed by atoms with Crippen molar-refractivity contribution in [2.75, 3.05) is 7.11 Å². The molecule has 24 heavy (non-hydrogen) atoms. The Kier molecular flexibility index (Phi) is 3.51. The molecule has 0 heterocycles. The van der Waals surface area contributed by atoms with Crippen LogP contribution >= 0.6 is 0 Å². The van der Waals surface area contributed by atoms with Crippen molar-refractivity contribution in [1.82, 2.24) is 0 Å². The second-order valence-corrected chi connectivity index (χ2v) is 10.3. The Bertz CT molecular complexity index is 555. The van der Waals surface area contributed by atoms with Crippen LogP contribution in [-0.4, -0.2) is 23.8 Å². The number of hydrogen-bond acceptors (Lipinski definition) is 3. The summed E-state index contributed by atoms with van der Waals surface area (Å²) in [5, 5.41) is 10.9. The summed E-state index contributed by atoms with van der Waals surface area (Å²) in [6, 6.07) is 0. The zero-order chi connectivity index (χ0) is 17.4. The third-order valence-electron chi connectivity index (χ3n) is 9.14. The molecule has 136 valence electrons. The molecule has 0 saturated heterocycles. The molecule has 0 radical (unpaired) electrons. The minimum atomic E-state index is -0.474. The third kappa shape index (κ3) is 1.97. The molecule has 0 aromatic carbocycles. The molecule has 0 aliphatic heterocycles. The summed E-state index contributed by atoms with van der Waals surface area (Å²) >= 11 is 0. The summed E-state index contributed by atoms with van der Waals surface area (Å²) in [6.45, 7) is 6.70. The molecule has 4 aliphatic rings. The van der Waals surface area contributed by atoms with Gasteiger partial charge in [-0.25, -0.2) is 0 Å². The minimum absolute atomic E-state index is 0.00137. The van der Waals surface area contributed by atoms with Gasteiger partial charge in [-0.3, -0.25) is 4.79 Å². The van der Waals surface area contributed by atoms with Gasteiger partial charge in [0, 0.05) is 0 Å². The number of aliphatic hydroxyl groups is 1. The number of hydrogen-bond donors (Lipinski definition) is 1. The Morgan fingerprint density at radius 3 is 2.50 bits per heavy atom. The topological polar surface area (TPSA) is 46.5 Å². The first-order valence-corrected chi connectivity index (χ1v) is 9.99. The van der Waals surface area contributed by atoms with E-state index < -0.39 is 5.60 Å². The maximum Gasteiger partial charge on any atom is 0.311 e. The quantitative estimate of drug-likeness (QED) is 0.726. The zero-order valence-electron chi connectivity index (χ0n) is 15.9. The minimum Gasteiger partial charge on any atom is -0.469 e. The van der Waals surface area contributed by atoms with Gasteiger partial charge in [-0.1, -0.05) is 13.3 Å². The number of carbonyl (C=O) groups excluding carboxylic acids is 1. The molecule has 1 spiro atoms. The van der Waals surface area contributed by atoms with Crippen LogP contribution < -0.4 is 0 Å².